The summed E-state index contributed by atoms with van der Waals surface area (Å²) in [5.74, 6) is -0.0647. The Bertz CT molecular complexity index is 725. The molecule has 23 heavy (non-hydrogen) atoms. The summed E-state index contributed by atoms with van der Waals surface area (Å²) in [6.07, 6.45) is 0. The van der Waals surface area contributed by atoms with Crippen molar-refractivity contribution in [2.24, 2.45) is 0 Å². The number of rotatable bonds is 5. The summed E-state index contributed by atoms with van der Waals surface area (Å²) in [5, 5.41) is 2.81. The molecule has 0 heterocycles. The van der Waals surface area contributed by atoms with Gasteiger partial charge < -0.3 is 14.8 Å². The van der Waals surface area contributed by atoms with Gasteiger partial charge in [-0.05, 0) is 49.7 Å². The van der Waals surface area contributed by atoms with Crippen LogP contribution in [-0.4, -0.2) is 25.6 Å². The highest BCUT2D eigenvalue weighted by Gasteiger charge is 2.14. The van der Waals surface area contributed by atoms with Crippen LogP contribution >= 0.6 is 0 Å². The summed E-state index contributed by atoms with van der Waals surface area (Å²) in [5.41, 5.74) is 2.16. The molecule has 0 unspecified atom stereocenters. The molecule has 2 rings (SSSR count). The van der Waals surface area contributed by atoms with Gasteiger partial charge in [0.1, 0.15) is 5.75 Å². The number of carbonyl (C=O) groups is 2. The number of ether oxygens (including phenoxy) is 2. The first-order valence-electron chi connectivity index (χ1n) is 7.29. The maximum atomic E-state index is 12.4. The molecule has 0 atom stereocenters. The van der Waals surface area contributed by atoms with Gasteiger partial charge in [-0.1, -0.05) is 12.1 Å². The number of esters is 1. The monoisotopic (exact) mass is 313 g/mol. The second-order valence-corrected chi connectivity index (χ2v) is 4.88. The fraction of sp³-hybridized carbons (Fsp3) is 0.222. The predicted octanol–water partition coefficient (Wildman–Crippen LogP) is 3.43. The van der Waals surface area contributed by atoms with Crippen molar-refractivity contribution in [2.75, 3.05) is 19.0 Å². The number of anilines is 1. The van der Waals surface area contributed by atoms with Crippen molar-refractivity contribution in [1.82, 2.24) is 0 Å². The molecule has 2 aromatic carbocycles. The van der Waals surface area contributed by atoms with Crippen molar-refractivity contribution < 1.29 is 19.1 Å². The first-order valence-corrected chi connectivity index (χ1v) is 7.29. The largest absolute Gasteiger partial charge is 0.497 e. The average molecular weight is 313 g/mol. The summed E-state index contributed by atoms with van der Waals surface area (Å²) >= 11 is 0. The zero-order chi connectivity index (χ0) is 16.8. The summed E-state index contributed by atoms with van der Waals surface area (Å²) in [7, 11) is 1.55. The molecule has 0 bridgehead atoms. The number of hydrogen-bond acceptors (Lipinski definition) is 4. The highest BCUT2D eigenvalue weighted by molar-refractivity contribution is 6.05. The fourth-order valence-corrected chi connectivity index (χ4v) is 2.16. The molecule has 0 saturated carbocycles. The third-order valence-electron chi connectivity index (χ3n) is 3.41. The van der Waals surface area contributed by atoms with E-state index in [9.17, 15) is 9.59 Å². The van der Waals surface area contributed by atoms with E-state index in [1.807, 2.05) is 0 Å². The molecular formula is C18H19NO4. The number of carbonyl (C=O) groups excluding carboxylic acids is 2. The first-order chi connectivity index (χ1) is 11.1. The molecular weight excluding hydrogens is 294 g/mol. The van der Waals surface area contributed by atoms with Gasteiger partial charge in [-0.2, -0.15) is 0 Å². The van der Waals surface area contributed by atoms with Crippen LogP contribution in [0.1, 0.15) is 33.2 Å². The fourth-order valence-electron chi connectivity index (χ4n) is 2.16. The molecule has 120 valence electrons. The molecule has 5 nitrogen and oxygen atoms in total. The minimum Gasteiger partial charge on any atom is -0.497 e. The van der Waals surface area contributed by atoms with Gasteiger partial charge >= 0.3 is 5.97 Å². The third kappa shape index (κ3) is 3.88. The van der Waals surface area contributed by atoms with Crippen molar-refractivity contribution in [1.29, 1.82) is 0 Å². The van der Waals surface area contributed by atoms with Crippen LogP contribution in [0.3, 0.4) is 0 Å². The van der Waals surface area contributed by atoms with Crippen molar-refractivity contribution >= 4 is 17.6 Å². The van der Waals surface area contributed by atoms with E-state index in [-0.39, 0.29) is 5.91 Å². The smallest absolute Gasteiger partial charge is 0.338 e. The molecule has 0 spiro atoms. The summed E-state index contributed by atoms with van der Waals surface area (Å²) in [4.78, 5) is 24.3. The van der Waals surface area contributed by atoms with E-state index >= 15 is 0 Å². The number of methoxy groups -OCH3 is 1. The van der Waals surface area contributed by atoms with E-state index < -0.39 is 5.97 Å². The van der Waals surface area contributed by atoms with E-state index in [1.165, 1.54) is 0 Å². The Kier molecular flexibility index (Phi) is 5.36. The van der Waals surface area contributed by atoms with Crippen molar-refractivity contribution in [3.05, 3.63) is 59.2 Å². The lowest BCUT2D eigenvalue weighted by molar-refractivity contribution is 0.0525. The van der Waals surface area contributed by atoms with Gasteiger partial charge in [0.2, 0.25) is 0 Å². The molecule has 1 N–H and O–H groups in total. The Morgan fingerprint density at radius 2 is 1.87 bits per heavy atom. The molecule has 1 amide bonds. The van der Waals surface area contributed by atoms with Crippen molar-refractivity contribution in [3.8, 4) is 5.75 Å². The molecule has 5 heteroatoms. The second-order valence-electron chi connectivity index (χ2n) is 4.88. The predicted molar refractivity (Wildman–Crippen MR) is 88.1 cm³/mol. The summed E-state index contributed by atoms with van der Waals surface area (Å²) < 4.78 is 10.1. The van der Waals surface area contributed by atoms with Crippen LogP contribution in [-0.2, 0) is 4.74 Å². The lowest BCUT2D eigenvalue weighted by Crippen LogP contribution is -2.14. The maximum Gasteiger partial charge on any atom is 0.338 e. The molecule has 0 aliphatic heterocycles. The number of nitrogens with one attached hydrogen (secondary N) is 1. The Morgan fingerprint density at radius 3 is 2.57 bits per heavy atom. The van der Waals surface area contributed by atoms with Gasteiger partial charge in [0.25, 0.3) is 5.91 Å². The van der Waals surface area contributed by atoms with E-state index in [1.54, 1.807) is 63.4 Å². The lowest BCUT2D eigenvalue weighted by atomic mass is 10.1. The Morgan fingerprint density at radius 1 is 1.13 bits per heavy atom. The molecule has 0 aliphatic carbocycles. The quantitative estimate of drug-likeness (QED) is 0.859. The van der Waals surface area contributed by atoms with Crippen molar-refractivity contribution in [3.63, 3.8) is 0 Å². The minimum absolute atomic E-state index is 0.270. The molecule has 0 aromatic heterocycles. The minimum atomic E-state index is -0.400. The molecule has 0 aliphatic rings. The molecule has 0 radical (unpaired) electrons. The highest BCUT2D eigenvalue weighted by atomic mass is 16.5. The Labute approximate surface area is 135 Å². The van der Waals surface area contributed by atoms with Crippen LogP contribution in [0.5, 0.6) is 5.75 Å². The van der Waals surface area contributed by atoms with E-state index in [0.717, 1.165) is 0 Å². The standard InChI is InChI=1S/C18H19NO4/c1-4-23-18(21)15-9-6-10-16(12(15)2)19-17(20)13-7-5-8-14(11-13)22-3/h5-11H,4H2,1-3H3,(H,19,20). The van der Waals surface area contributed by atoms with Gasteiger partial charge in [-0.3, -0.25) is 4.79 Å². The summed E-state index contributed by atoms with van der Waals surface area (Å²) in [6.45, 7) is 3.83. The van der Waals surface area contributed by atoms with E-state index in [2.05, 4.69) is 5.32 Å². The van der Waals surface area contributed by atoms with Gasteiger partial charge in [0.15, 0.2) is 0 Å². The van der Waals surface area contributed by atoms with E-state index in [0.29, 0.717) is 34.7 Å². The number of hydrogen-bond donors (Lipinski definition) is 1. The lowest BCUT2D eigenvalue weighted by Gasteiger charge is -2.12. The third-order valence-corrected chi connectivity index (χ3v) is 3.41. The Hall–Kier alpha value is -2.82. The number of amides is 1. The van der Waals surface area contributed by atoms with Crippen LogP contribution in [0.4, 0.5) is 5.69 Å². The van der Waals surface area contributed by atoms with Crippen LogP contribution in [0, 0.1) is 6.92 Å². The average Bonchev–Trinajstić information content (AvgIpc) is 2.57. The molecule has 2 aromatic rings. The van der Waals surface area contributed by atoms with E-state index in [4.69, 9.17) is 9.47 Å². The first kappa shape index (κ1) is 16.5. The van der Waals surface area contributed by atoms with Crippen molar-refractivity contribution in [2.45, 2.75) is 13.8 Å². The molecule has 0 fully saturated rings. The van der Waals surface area contributed by atoms with Gasteiger partial charge in [0.05, 0.1) is 19.3 Å². The van der Waals surface area contributed by atoms with Gasteiger partial charge in [-0.25, -0.2) is 4.79 Å². The van der Waals surface area contributed by atoms with Crippen LogP contribution in [0.2, 0.25) is 0 Å². The zero-order valence-electron chi connectivity index (χ0n) is 13.4. The van der Waals surface area contributed by atoms with Crippen LogP contribution in [0.25, 0.3) is 0 Å². The van der Waals surface area contributed by atoms with Gasteiger partial charge in [0, 0.05) is 11.3 Å². The highest BCUT2D eigenvalue weighted by Crippen LogP contribution is 2.21. The summed E-state index contributed by atoms with van der Waals surface area (Å²) in [6, 6.07) is 12.0. The Balaban J connectivity index is 2.24. The zero-order valence-corrected chi connectivity index (χ0v) is 13.4. The second kappa shape index (κ2) is 7.45. The van der Waals surface area contributed by atoms with Gasteiger partial charge in [-0.15, -0.1) is 0 Å². The van der Waals surface area contributed by atoms with Crippen LogP contribution in [0.15, 0.2) is 42.5 Å². The molecule has 0 saturated heterocycles. The normalized spacial score (nSPS) is 10.0. The number of benzene rings is 2. The SMILES string of the molecule is CCOC(=O)c1cccc(NC(=O)c2cccc(OC)c2)c1C. The maximum absolute atomic E-state index is 12.4. The van der Waals surface area contributed by atoms with Crippen LogP contribution < -0.4 is 10.1 Å². The topological polar surface area (TPSA) is 64.6 Å².